The molecule has 0 fully saturated rings. The smallest absolute Gasteiger partial charge is 0.299 e. The first-order valence-electron chi connectivity index (χ1n) is 4.48. The molecule has 1 aliphatic carbocycles. The van der Waals surface area contributed by atoms with E-state index >= 15 is 0 Å². The standard InChI is InChI=1S/C12H8F2O/c13-12(14)10(7-4-8-15)11(12)9-5-2-1-3-6-9/h1-8H/b7-4-. The van der Waals surface area contributed by atoms with Crippen LogP contribution in [0.15, 0.2) is 48.1 Å². The van der Waals surface area contributed by atoms with Crippen LogP contribution in [0.25, 0.3) is 5.57 Å². The van der Waals surface area contributed by atoms with Crippen LogP contribution in [0.5, 0.6) is 0 Å². The SMILES string of the molecule is O=C/C=C\C1=C(c2ccccc2)C1(F)F. The molecule has 2 rings (SSSR count). The summed E-state index contributed by atoms with van der Waals surface area (Å²) in [6, 6.07) is 8.44. The lowest BCUT2D eigenvalue weighted by Crippen LogP contribution is -1.96. The van der Waals surface area contributed by atoms with Crippen LogP contribution < -0.4 is 0 Å². The molecule has 0 bridgehead atoms. The van der Waals surface area contributed by atoms with E-state index < -0.39 is 5.92 Å². The van der Waals surface area contributed by atoms with Crippen LogP contribution in [0.4, 0.5) is 8.78 Å². The van der Waals surface area contributed by atoms with E-state index in [1.54, 1.807) is 30.3 Å². The molecule has 0 aliphatic heterocycles. The van der Waals surface area contributed by atoms with E-state index in [4.69, 9.17) is 0 Å². The molecule has 1 aromatic rings. The molecular formula is C12H8F2O. The molecule has 0 N–H and O–H groups in total. The van der Waals surface area contributed by atoms with E-state index in [-0.39, 0.29) is 11.1 Å². The molecule has 1 aromatic carbocycles. The number of hydrogen-bond donors (Lipinski definition) is 0. The number of hydrogen-bond acceptors (Lipinski definition) is 1. The van der Waals surface area contributed by atoms with Gasteiger partial charge in [0, 0.05) is 11.1 Å². The van der Waals surface area contributed by atoms with Crippen LogP contribution >= 0.6 is 0 Å². The third kappa shape index (κ3) is 1.61. The highest BCUT2D eigenvalue weighted by Gasteiger charge is 2.54. The molecule has 0 radical (unpaired) electrons. The lowest BCUT2D eigenvalue weighted by atomic mass is 10.2. The third-order valence-electron chi connectivity index (χ3n) is 2.26. The summed E-state index contributed by atoms with van der Waals surface area (Å²) in [5.41, 5.74) is 0.454. The van der Waals surface area contributed by atoms with Crippen molar-refractivity contribution in [3.05, 3.63) is 53.6 Å². The Hall–Kier alpha value is -1.77. The lowest BCUT2D eigenvalue weighted by molar-refractivity contribution is -0.104. The summed E-state index contributed by atoms with van der Waals surface area (Å²) < 4.78 is 26.5. The first-order chi connectivity index (χ1) is 7.18. The molecule has 15 heavy (non-hydrogen) atoms. The van der Waals surface area contributed by atoms with Gasteiger partial charge in [-0.1, -0.05) is 30.3 Å². The Kier molecular flexibility index (Phi) is 2.23. The van der Waals surface area contributed by atoms with Gasteiger partial charge >= 0.3 is 0 Å². The Balaban J connectivity index is 2.34. The predicted octanol–water partition coefficient (Wildman–Crippen LogP) is 2.84. The van der Waals surface area contributed by atoms with Crippen molar-refractivity contribution < 1.29 is 13.6 Å². The Morgan fingerprint density at radius 3 is 2.40 bits per heavy atom. The molecule has 0 saturated carbocycles. The van der Waals surface area contributed by atoms with E-state index in [1.165, 1.54) is 0 Å². The first-order valence-corrected chi connectivity index (χ1v) is 4.48. The van der Waals surface area contributed by atoms with Gasteiger partial charge in [-0.25, -0.2) is 0 Å². The number of allylic oxidation sites excluding steroid dienone is 4. The van der Waals surface area contributed by atoms with Gasteiger partial charge in [-0.2, -0.15) is 8.78 Å². The van der Waals surface area contributed by atoms with Gasteiger partial charge < -0.3 is 0 Å². The second-order valence-corrected chi connectivity index (χ2v) is 3.22. The van der Waals surface area contributed by atoms with Crippen molar-refractivity contribution in [3.63, 3.8) is 0 Å². The van der Waals surface area contributed by atoms with Crippen molar-refractivity contribution in [1.29, 1.82) is 0 Å². The number of benzene rings is 1. The van der Waals surface area contributed by atoms with Crippen molar-refractivity contribution in [2.45, 2.75) is 5.92 Å². The van der Waals surface area contributed by atoms with Crippen molar-refractivity contribution in [1.82, 2.24) is 0 Å². The molecular weight excluding hydrogens is 198 g/mol. The fourth-order valence-electron chi connectivity index (χ4n) is 1.52. The van der Waals surface area contributed by atoms with Gasteiger partial charge in [0.15, 0.2) is 0 Å². The van der Waals surface area contributed by atoms with E-state index in [2.05, 4.69) is 0 Å². The summed E-state index contributed by atoms with van der Waals surface area (Å²) in [5.74, 6) is -2.87. The zero-order valence-electron chi connectivity index (χ0n) is 7.78. The number of carbonyl (C=O) groups is 1. The van der Waals surface area contributed by atoms with Crippen LogP contribution in [-0.2, 0) is 4.79 Å². The number of carbonyl (C=O) groups excluding carboxylic acids is 1. The van der Waals surface area contributed by atoms with E-state index in [9.17, 15) is 13.6 Å². The van der Waals surface area contributed by atoms with Gasteiger partial charge in [-0.15, -0.1) is 0 Å². The van der Waals surface area contributed by atoms with Gasteiger partial charge in [-0.05, 0) is 17.7 Å². The maximum absolute atomic E-state index is 13.2. The van der Waals surface area contributed by atoms with E-state index in [1.807, 2.05) is 0 Å². The molecule has 1 nitrogen and oxygen atoms in total. The molecule has 0 unspecified atom stereocenters. The minimum absolute atomic E-state index is 0.0150. The summed E-state index contributed by atoms with van der Waals surface area (Å²) in [5, 5.41) is 0. The van der Waals surface area contributed by atoms with Gasteiger partial charge in [0.1, 0.15) is 6.29 Å². The van der Waals surface area contributed by atoms with Crippen molar-refractivity contribution in [2.24, 2.45) is 0 Å². The highest BCUT2D eigenvalue weighted by Crippen LogP contribution is 2.55. The highest BCUT2D eigenvalue weighted by molar-refractivity contribution is 5.94. The molecule has 0 heterocycles. The summed E-state index contributed by atoms with van der Waals surface area (Å²) >= 11 is 0. The Labute approximate surface area is 85.7 Å². The zero-order valence-corrected chi connectivity index (χ0v) is 7.78. The average Bonchev–Trinajstić information content (AvgIpc) is 2.79. The molecule has 1 aliphatic rings. The summed E-state index contributed by atoms with van der Waals surface area (Å²) in [4.78, 5) is 10.0. The van der Waals surface area contributed by atoms with E-state index in [0.29, 0.717) is 11.8 Å². The topological polar surface area (TPSA) is 17.1 Å². The summed E-state index contributed by atoms with van der Waals surface area (Å²) in [7, 11) is 0. The highest BCUT2D eigenvalue weighted by atomic mass is 19.3. The average molecular weight is 206 g/mol. The van der Waals surface area contributed by atoms with Crippen LogP contribution in [-0.4, -0.2) is 12.2 Å². The monoisotopic (exact) mass is 206 g/mol. The quantitative estimate of drug-likeness (QED) is 0.549. The Morgan fingerprint density at radius 2 is 1.80 bits per heavy atom. The molecule has 76 valence electrons. The van der Waals surface area contributed by atoms with Gasteiger partial charge in [0.2, 0.25) is 0 Å². The van der Waals surface area contributed by atoms with Crippen LogP contribution in [0.2, 0.25) is 0 Å². The van der Waals surface area contributed by atoms with Gasteiger partial charge in [0.05, 0.1) is 0 Å². The summed E-state index contributed by atoms with van der Waals surface area (Å²) in [6.45, 7) is 0. The van der Waals surface area contributed by atoms with Crippen molar-refractivity contribution in [2.75, 3.05) is 0 Å². The molecule has 0 spiro atoms. The predicted molar refractivity (Wildman–Crippen MR) is 53.5 cm³/mol. The fraction of sp³-hybridized carbons (Fsp3) is 0.0833. The maximum Gasteiger partial charge on any atom is 0.300 e. The van der Waals surface area contributed by atoms with Crippen LogP contribution in [0.3, 0.4) is 0 Å². The maximum atomic E-state index is 13.2. The van der Waals surface area contributed by atoms with Gasteiger partial charge in [0.25, 0.3) is 5.92 Å². The largest absolute Gasteiger partial charge is 0.300 e. The number of alkyl halides is 2. The van der Waals surface area contributed by atoms with Crippen LogP contribution in [0.1, 0.15) is 5.56 Å². The van der Waals surface area contributed by atoms with Crippen molar-refractivity contribution in [3.8, 4) is 0 Å². The number of halogens is 2. The molecule has 0 atom stereocenters. The van der Waals surface area contributed by atoms with Crippen molar-refractivity contribution >= 4 is 11.9 Å². The number of aldehydes is 1. The first kappa shape index (κ1) is 9.77. The van der Waals surface area contributed by atoms with Crippen LogP contribution in [0, 0.1) is 0 Å². The zero-order chi connectivity index (χ0) is 10.9. The molecule has 0 aromatic heterocycles. The van der Waals surface area contributed by atoms with Gasteiger partial charge in [-0.3, -0.25) is 4.79 Å². The molecule has 3 heteroatoms. The second-order valence-electron chi connectivity index (χ2n) is 3.22. The van der Waals surface area contributed by atoms with E-state index in [0.717, 1.165) is 12.2 Å². The summed E-state index contributed by atoms with van der Waals surface area (Å²) in [6.07, 6.45) is 2.73. The normalized spacial score (nSPS) is 18.3. The fourth-order valence-corrected chi connectivity index (χ4v) is 1.52. The number of rotatable bonds is 3. The minimum atomic E-state index is -2.87. The molecule has 0 amide bonds. The Bertz CT molecular complexity index is 444. The molecule has 0 saturated heterocycles. The lowest BCUT2D eigenvalue weighted by Gasteiger charge is -1.96. The minimum Gasteiger partial charge on any atom is -0.299 e. The second kappa shape index (κ2) is 3.42. The third-order valence-corrected chi connectivity index (χ3v) is 2.26. The Morgan fingerprint density at radius 1 is 1.13 bits per heavy atom.